The molecule has 0 heterocycles. The summed E-state index contributed by atoms with van der Waals surface area (Å²) in [7, 11) is 1.48. The molecule has 3 N–H and O–H groups in total. The van der Waals surface area contributed by atoms with Crippen molar-refractivity contribution in [2.75, 3.05) is 19.0 Å². The summed E-state index contributed by atoms with van der Waals surface area (Å²) in [6.07, 6.45) is 1.38. The lowest BCUT2D eigenvalue weighted by Gasteiger charge is -2.14. The Morgan fingerprint density at radius 1 is 0.947 bits per heavy atom. The van der Waals surface area contributed by atoms with Crippen molar-refractivity contribution in [3.8, 4) is 11.5 Å². The van der Waals surface area contributed by atoms with Crippen molar-refractivity contribution in [2.24, 2.45) is 5.10 Å². The minimum absolute atomic E-state index is 0.208. The molecule has 3 aromatic carbocycles. The van der Waals surface area contributed by atoms with E-state index in [9.17, 15) is 14.4 Å². The van der Waals surface area contributed by atoms with Crippen molar-refractivity contribution in [1.29, 1.82) is 0 Å². The van der Waals surface area contributed by atoms with Crippen LogP contribution < -0.4 is 25.5 Å². The normalized spacial score (nSPS) is 10.7. The van der Waals surface area contributed by atoms with Crippen LogP contribution in [0.3, 0.4) is 0 Å². The molecule has 0 fully saturated rings. The number of rotatable bonds is 9. The topological polar surface area (TPSA) is 118 Å². The van der Waals surface area contributed by atoms with Gasteiger partial charge in [-0.2, -0.15) is 5.10 Å². The van der Waals surface area contributed by atoms with Crippen molar-refractivity contribution in [2.45, 2.75) is 27.3 Å². The van der Waals surface area contributed by atoms with Crippen molar-refractivity contribution in [3.63, 3.8) is 0 Å². The zero-order chi connectivity index (χ0) is 27.7. The van der Waals surface area contributed by atoms with Crippen LogP contribution in [0.15, 0.2) is 59.7 Å². The number of amides is 3. The SMILES string of the molecule is COc1cc(/C=N\NC(=O)C(=O)NCc2ccc(C)cc2)cc(I)c1OCC(=O)Nc1ccc(C)c(C)c1. The number of carbonyl (C=O) groups excluding carboxylic acids is 3. The smallest absolute Gasteiger partial charge is 0.329 e. The second-order valence-electron chi connectivity index (χ2n) is 8.54. The Hall–Kier alpha value is -3.93. The molecule has 38 heavy (non-hydrogen) atoms. The van der Waals surface area contributed by atoms with E-state index in [0.29, 0.717) is 26.3 Å². The third-order valence-electron chi connectivity index (χ3n) is 5.55. The van der Waals surface area contributed by atoms with Gasteiger partial charge in [0.2, 0.25) is 0 Å². The van der Waals surface area contributed by atoms with Gasteiger partial charge in [0.05, 0.1) is 16.9 Å². The van der Waals surface area contributed by atoms with E-state index in [1.807, 2.05) is 63.2 Å². The van der Waals surface area contributed by atoms with Crippen LogP contribution in [-0.2, 0) is 20.9 Å². The fourth-order valence-corrected chi connectivity index (χ4v) is 4.07. The van der Waals surface area contributed by atoms with Crippen LogP contribution in [0.25, 0.3) is 0 Å². The van der Waals surface area contributed by atoms with Crippen LogP contribution in [0.1, 0.15) is 27.8 Å². The van der Waals surface area contributed by atoms with Gasteiger partial charge in [-0.25, -0.2) is 5.43 Å². The second-order valence-corrected chi connectivity index (χ2v) is 9.70. The first-order valence-corrected chi connectivity index (χ1v) is 12.8. The number of hydrogen-bond donors (Lipinski definition) is 3. The standard InChI is InChI=1S/C28H29IN4O5/c1-17-5-8-20(9-6-17)14-30-27(35)28(36)33-31-15-21-12-23(29)26(24(13-21)37-4)38-16-25(34)32-22-10-7-18(2)19(3)11-22/h5-13,15H,14,16H2,1-4H3,(H,30,35)(H,32,34)(H,33,36)/b31-15-. The van der Waals surface area contributed by atoms with Gasteiger partial charge in [0.1, 0.15) is 0 Å². The highest BCUT2D eigenvalue weighted by Gasteiger charge is 2.15. The number of aryl methyl sites for hydroxylation is 3. The molecule has 0 unspecified atom stereocenters. The predicted octanol–water partition coefficient (Wildman–Crippen LogP) is 4.01. The summed E-state index contributed by atoms with van der Waals surface area (Å²) >= 11 is 2.06. The van der Waals surface area contributed by atoms with Crippen LogP contribution in [0, 0.1) is 24.3 Å². The Bertz CT molecular complexity index is 1360. The van der Waals surface area contributed by atoms with Gasteiger partial charge in [-0.1, -0.05) is 35.9 Å². The molecular weight excluding hydrogens is 599 g/mol. The fourth-order valence-electron chi connectivity index (χ4n) is 3.29. The van der Waals surface area contributed by atoms with E-state index in [0.717, 1.165) is 22.3 Å². The molecule has 3 aromatic rings. The maximum Gasteiger partial charge on any atom is 0.329 e. The van der Waals surface area contributed by atoms with E-state index in [1.54, 1.807) is 12.1 Å². The second kappa shape index (κ2) is 13.6. The van der Waals surface area contributed by atoms with Crippen molar-refractivity contribution < 1.29 is 23.9 Å². The summed E-state index contributed by atoms with van der Waals surface area (Å²) in [5.74, 6) is -1.19. The van der Waals surface area contributed by atoms with Crippen molar-refractivity contribution in [3.05, 3.63) is 86.0 Å². The van der Waals surface area contributed by atoms with E-state index in [-0.39, 0.29) is 19.1 Å². The Balaban J connectivity index is 1.54. The van der Waals surface area contributed by atoms with Gasteiger partial charge < -0.3 is 20.1 Å². The average molecular weight is 628 g/mol. The lowest BCUT2D eigenvalue weighted by atomic mass is 10.1. The van der Waals surface area contributed by atoms with E-state index in [1.165, 1.54) is 13.3 Å². The molecule has 10 heteroatoms. The molecule has 0 radical (unpaired) electrons. The first-order chi connectivity index (χ1) is 18.2. The van der Waals surface area contributed by atoms with E-state index in [2.05, 4.69) is 43.8 Å². The number of benzene rings is 3. The first-order valence-electron chi connectivity index (χ1n) is 11.7. The predicted molar refractivity (Wildman–Crippen MR) is 155 cm³/mol. The molecule has 0 atom stereocenters. The van der Waals surface area contributed by atoms with Gasteiger partial charge in [-0.3, -0.25) is 14.4 Å². The Morgan fingerprint density at radius 2 is 1.68 bits per heavy atom. The zero-order valence-electron chi connectivity index (χ0n) is 21.6. The number of halogens is 1. The van der Waals surface area contributed by atoms with Crippen LogP contribution in [0.5, 0.6) is 11.5 Å². The maximum atomic E-state index is 12.4. The van der Waals surface area contributed by atoms with Crippen LogP contribution in [0.2, 0.25) is 0 Å². The number of hydrazone groups is 1. The number of carbonyl (C=O) groups is 3. The summed E-state index contributed by atoms with van der Waals surface area (Å²) in [5.41, 5.74) is 7.71. The minimum Gasteiger partial charge on any atom is -0.493 e. The Labute approximate surface area is 235 Å². The first kappa shape index (κ1) is 28.6. The number of nitrogens with one attached hydrogen (secondary N) is 3. The molecule has 0 spiro atoms. The van der Waals surface area contributed by atoms with Crippen molar-refractivity contribution >= 4 is 52.2 Å². The fraction of sp³-hybridized carbons (Fsp3) is 0.214. The summed E-state index contributed by atoms with van der Waals surface area (Å²) in [6, 6.07) is 16.7. The largest absolute Gasteiger partial charge is 0.493 e. The third-order valence-corrected chi connectivity index (χ3v) is 6.35. The van der Waals surface area contributed by atoms with Gasteiger partial charge in [-0.05, 0) is 89.9 Å². The number of hydrogen-bond acceptors (Lipinski definition) is 6. The van der Waals surface area contributed by atoms with E-state index >= 15 is 0 Å². The van der Waals surface area contributed by atoms with E-state index in [4.69, 9.17) is 9.47 Å². The van der Waals surface area contributed by atoms with Crippen molar-refractivity contribution in [1.82, 2.24) is 10.7 Å². The van der Waals surface area contributed by atoms with Gasteiger partial charge in [-0.15, -0.1) is 0 Å². The summed E-state index contributed by atoms with van der Waals surface area (Å²) in [4.78, 5) is 36.5. The molecular formula is C28H29IN4O5. The third kappa shape index (κ3) is 8.30. The lowest BCUT2D eigenvalue weighted by Crippen LogP contribution is -2.37. The monoisotopic (exact) mass is 628 g/mol. The molecule has 3 amide bonds. The summed E-state index contributed by atoms with van der Waals surface area (Å²) in [5, 5.41) is 9.23. The van der Waals surface area contributed by atoms with Crippen LogP contribution in [0.4, 0.5) is 5.69 Å². The molecule has 0 saturated carbocycles. The van der Waals surface area contributed by atoms with Gasteiger partial charge in [0.25, 0.3) is 5.91 Å². The number of ether oxygens (including phenoxy) is 2. The molecule has 0 aromatic heterocycles. The number of anilines is 1. The molecule has 198 valence electrons. The van der Waals surface area contributed by atoms with Crippen LogP contribution in [-0.4, -0.2) is 37.7 Å². The van der Waals surface area contributed by atoms with Gasteiger partial charge in [0, 0.05) is 12.2 Å². The summed E-state index contributed by atoms with van der Waals surface area (Å²) < 4.78 is 11.8. The number of methoxy groups -OCH3 is 1. The quantitative estimate of drug-likeness (QED) is 0.143. The molecule has 3 rings (SSSR count). The lowest BCUT2D eigenvalue weighted by molar-refractivity contribution is -0.139. The van der Waals surface area contributed by atoms with Gasteiger partial charge in [0.15, 0.2) is 18.1 Å². The molecule has 0 aliphatic rings. The minimum atomic E-state index is -0.884. The highest BCUT2D eigenvalue weighted by molar-refractivity contribution is 14.1. The Morgan fingerprint density at radius 3 is 2.37 bits per heavy atom. The van der Waals surface area contributed by atoms with Gasteiger partial charge >= 0.3 is 11.8 Å². The number of nitrogens with zero attached hydrogens (tertiary/aromatic N) is 1. The Kier molecular flexibility index (Phi) is 10.2. The highest BCUT2D eigenvalue weighted by Crippen LogP contribution is 2.33. The molecule has 0 aliphatic carbocycles. The molecule has 0 saturated heterocycles. The van der Waals surface area contributed by atoms with E-state index < -0.39 is 11.8 Å². The average Bonchev–Trinajstić information content (AvgIpc) is 2.89. The highest BCUT2D eigenvalue weighted by atomic mass is 127. The van der Waals surface area contributed by atoms with Crippen LogP contribution >= 0.6 is 22.6 Å². The molecule has 0 bridgehead atoms. The molecule has 0 aliphatic heterocycles. The molecule has 9 nitrogen and oxygen atoms in total. The maximum absolute atomic E-state index is 12.4. The zero-order valence-corrected chi connectivity index (χ0v) is 23.7. The summed E-state index contributed by atoms with van der Waals surface area (Å²) in [6.45, 7) is 5.98.